The van der Waals surface area contributed by atoms with Gasteiger partial charge >= 0.3 is 0 Å². The molecule has 0 unspecified atom stereocenters. The average Bonchev–Trinajstić information content (AvgIpc) is 3.05. The highest BCUT2D eigenvalue weighted by Gasteiger charge is 2.43. The van der Waals surface area contributed by atoms with Crippen LogP contribution in [-0.4, -0.2) is 51.5 Å². The fourth-order valence-electron chi connectivity index (χ4n) is 2.38. The Hall–Kier alpha value is -2.13. The fourth-order valence-corrected chi connectivity index (χ4v) is 2.38. The minimum absolute atomic E-state index is 0.396. The molecule has 0 amide bonds. The second-order valence-corrected chi connectivity index (χ2v) is 4.68. The predicted molar refractivity (Wildman–Crippen MR) is 66.6 cm³/mol. The topological polar surface area (TPSA) is 94.7 Å². The van der Waals surface area contributed by atoms with Crippen LogP contribution in [-0.2, 0) is 16.1 Å². The number of aromatic nitrogens is 2. The van der Waals surface area contributed by atoms with Gasteiger partial charge < -0.3 is 24.3 Å². The minimum atomic E-state index is -0.728. The minimum Gasteiger partial charge on any atom is -0.361 e. The van der Waals surface area contributed by atoms with Gasteiger partial charge in [-0.2, -0.15) is 0 Å². The van der Waals surface area contributed by atoms with Gasteiger partial charge in [0.05, 0.1) is 44.2 Å². The molecule has 2 aliphatic rings. The van der Waals surface area contributed by atoms with Gasteiger partial charge in [0.2, 0.25) is 5.79 Å². The average molecular weight is 281 g/mol. The molecule has 0 radical (unpaired) electrons. The van der Waals surface area contributed by atoms with Crippen LogP contribution in [0.25, 0.3) is 0 Å². The Balaban J connectivity index is 1.80. The molecule has 108 valence electrons. The monoisotopic (exact) mass is 281 g/mol. The number of hydrogen-bond donors (Lipinski definition) is 1. The lowest BCUT2D eigenvalue weighted by Gasteiger charge is -2.40. The summed E-state index contributed by atoms with van der Waals surface area (Å²) in [5.41, 5.74) is 0. The SMILES string of the molecule is O=[N+]([O-])/C=C1\NCC2(CN1Cn1ccnc1)OCCO2. The maximum absolute atomic E-state index is 10.7. The summed E-state index contributed by atoms with van der Waals surface area (Å²) < 4.78 is 13.1. The van der Waals surface area contributed by atoms with Crippen molar-refractivity contribution in [1.29, 1.82) is 0 Å². The first kappa shape index (κ1) is 12.9. The molecule has 0 aliphatic carbocycles. The van der Waals surface area contributed by atoms with E-state index in [0.29, 0.717) is 38.8 Å². The third-order valence-electron chi connectivity index (χ3n) is 3.25. The molecular formula is C11H15N5O4. The van der Waals surface area contributed by atoms with E-state index < -0.39 is 10.7 Å². The Bertz CT molecular complexity index is 509. The Morgan fingerprint density at radius 2 is 2.35 bits per heavy atom. The lowest BCUT2D eigenvalue weighted by atomic mass is 10.2. The van der Waals surface area contributed by atoms with Crippen LogP contribution in [0.5, 0.6) is 0 Å². The van der Waals surface area contributed by atoms with E-state index in [2.05, 4.69) is 10.3 Å². The van der Waals surface area contributed by atoms with E-state index in [-0.39, 0.29) is 0 Å². The Kier molecular flexibility index (Phi) is 3.28. The molecule has 0 aromatic carbocycles. The molecule has 0 bridgehead atoms. The van der Waals surface area contributed by atoms with Gasteiger partial charge in [-0.1, -0.05) is 0 Å². The van der Waals surface area contributed by atoms with Crippen LogP contribution < -0.4 is 5.32 Å². The number of nitrogens with zero attached hydrogens (tertiary/aromatic N) is 4. The van der Waals surface area contributed by atoms with Crippen LogP contribution in [0, 0.1) is 10.1 Å². The lowest BCUT2D eigenvalue weighted by molar-refractivity contribution is -0.405. The summed E-state index contributed by atoms with van der Waals surface area (Å²) in [7, 11) is 0. The zero-order valence-electron chi connectivity index (χ0n) is 10.8. The molecule has 9 heteroatoms. The van der Waals surface area contributed by atoms with Crippen LogP contribution in [0.4, 0.5) is 0 Å². The van der Waals surface area contributed by atoms with Crippen LogP contribution in [0.15, 0.2) is 30.7 Å². The van der Waals surface area contributed by atoms with Crippen LogP contribution in [0.1, 0.15) is 0 Å². The fraction of sp³-hybridized carbons (Fsp3) is 0.545. The Morgan fingerprint density at radius 3 is 3.00 bits per heavy atom. The summed E-state index contributed by atoms with van der Waals surface area (Å²) in [5, 5.41) is 13.7. The van der Waals surface area contributed by atoms with Crippen LogP contribution in [0.3, 0.4) is 0 Å². The number of rotatable bonds is 3. The lowest BCUT2D eigenvalue weighted by Crippen LogP contribution is -2.57. The summed E-state index contributed by atoms with van der Waals surface area (Å²) in [6.07, 6.45) is 6.06. The van der Waals surface area contributed by atoms with Crippen molar-refractivity contribution < 1.29 is 14.4 Å². The van der Waals surface area contributed by atoms with Gasteiger partial charge in [-0.3, -0.25) is 10.1 Å². The van der Waals surface area contributed by atoms with Crippen molar-refractivity contribution in [1.82, 2.24) is 19.8 Å². The second kappa shape index (κ2) is 5.10. The largest absolute Gasteiger partial charge is 0.361 e. The smallest absolute Gasteiger partial charge is 0.274 e. The van der Waals surface area contributed by atoms with E-state index in [1.807, 2.05) is 4.57 Å². The van der Waals surface area contributed by atoms with E-state index in [9.17, 15) is 10.1 Å². The van der Waals surface area contributed by atoms with Crippen LogP contribution in [0.2, 0.25) is 0 Å². The van der Waals surface area contributed by atoms with Gasteiger partial charge in [-0.25, -0.2) is 4.98 Å². The molecule has 3 rings (SSSR count). The molecule has 3 heterocycles. The molecule has 2 aliphatic heterocycles. The van der Waals surface area contributed by atoms with E-state index in [4.69, 9.17) is 9.47 Å². The third kappa shape index (κ3) is 2.58. The van der Waals surface area contributed by atoms with Gasteiger partial charge in [0.25, 0.3) is 6.20 Å². The Labute approximate surface area is 114 Å². The van der Waals surface area contributed by atoms with Crippen molar-refractivity contribution in [2.75, 3.05) is 26.3 Å². The molecule has 9 nitrogen and oxygen atoms in total. The molecule has 1 N–H and O–H groups in total. The van der Waals surface area contributed by atoms with Crippen molar-refractivity contribution in [2.24, 2.45) is 0 Å². The molecule has 1 spiro atoms. The standard InChI is InChI=1S/C11H15N5O4/c17-16(18)5-10-13-6-11(19-3-4-20-11)7-15(10)9-14-2-1-12-8-14/h1-2,5,8,13H,3-4,6-7,9H2/b10-5+. The molecule has 20 heavy (non-hydrogen) atoms. The van der Waals surface area contributed by atoms with E-state index in [0.717, 1.165) is 6.20 Å². The number of imidazole rings is 1. The first-order chi connectivity index (χ1) is 9.67. The van der Waals surface area contributed by atoms with Crippen LogP contribution >= 0.6 is 0 Å². The van der Waals surface area contributed by atoms with Gasteiger partial charge in [0.1, 0.15) is 0 Å². The van der Waals surface area contributed by atoms with E-state index >= 15 is 0 Å². The summed E-state index contributed by atoms with van der Waals surface area (Å²) in [4.78, 5) is 16.0. The summed E-state index contributed by atoms with van der Waals surface area (Å²) >= 11 is 0. The number of ether oxygens (including phenoxy) is 2. The molecule has 2 saturated heterocycles. The Morgan fingerprint density at radius 1 is 1.55 bits per heavy atom. The maximum atomic E-state index is 10.7. The summed E-state index contributed by atoms with van der Waals surface area (Å²) in [6, 6.07) is 0. The first-order valence-corrected chi connectivity index (χ1v) is 6.25. The second-order valence-electron chi connectivity index (χ2n) is 4.68. The van der Waals surface area contributed by atoms with Gasteiger partial charge in [-0.05, 0) is 0 Å². The molecule has 2 fully saturated rings. The zero-order chi connectivity index (χ0) is 14.0. The quantitative estimate of drug-likeness (QED) is 0.593. The normalized spacial score (nSPS) is 23.2. The van der Waals surface area contributed by atoms with Gasteiger partial charge in [0, 0.05) is 12.4 Å². The maximum Gasteiger partial charge on any atom is 0.274 e. The van der Waals surface area contributed by atoms with Gasteiger partial charge in [-0.15, -0.1) is 0 Å². The highest BCUT2D eigenvalue weighted by atomic mass is 16.7. The highest BCUT2D eigenvalue weighted by Crippen LogP contribution is 2.26. The number of nitrogens with one attached hydrogen (secondary N) is 1. The zero-order valence-corrected chi connectivity index (χ0v) is 10.8. The molecule has 1 aromatic heterocycles. The molecule has 0 saturated carbocycles. The highest BCUT2D eigenvalue weighted by molar-refractivity contribution is 5.03. The molecule has 0 atom stereocenters. The van der Waals surface area contributed by atoms with Crippen molar-refractivity contribution in [3.05, 3.63) is 40.9 Å². The van der Waals surface area contributed by atoms with E-state index in [1.54, 1.807) is 23.6 Å². The van der Waals surface area contributed by atoms with Crippen molar-refractivity contribution in [2.45, 2.75) is 12.5 Å². The first-order valence-electron chi connectivity index (χ1n) is 6.25. The summed E-state index contributed by atoms with van der Waals surface area (Å²) in [5.74, 6) is -0.289. The van der Waals surface area contributed by atoms with Crippen molar-refractivity contribution in [3.8, 4) is 0 Å². The van der Waals surface area contributed by atoms with E-state index in [1.165, 1.54) is 0 Å². The number of hydrogen-bond acceptors (Lipinski definition) is 7. The van der Waals surface area contributed by atoms with Crippen molar-refractivity contribution >= 4 is 0 Å². The van der Waals surface area contributed by atoms with Crippen molar-refractivity contribution in [3.63, 3.8) is 0 Å². The summed E-state index contributed by atoms with van der Waals surface area (Å²) in [6.45, 7) is 2.33. The molecule has 1 aromatic rings. The third-order valence-corrected chi connectivity index (χ3v) is 3.25. The van der Waals surface area contributed by atoms with Gasteiger partial charge in [0.15, 0.2) is 5.82 Å². The molecular weight excluding hydrogens is 266 g/mol. The number of nitro groups is 1. The predicted octanol–water partition coefficient (Wildman–Crippen LogP) is -0.436.